The lowest BCUT2D eigenvalue weighted by atomic mass is 9.77. The highest BCUT2D eigenvalue weighted by molar-refractivity contribution is 6.07. The predicted molar refractivity (Wildman–Crippen MR) is 70.8 cm³/mol. The van der Waals surface area contributed by atoms with E-state index in [1.54, 1.807) is 0 Å². The Kier molecular flexibility index (Phi) is 3.71. The molecule has 19 heavy (non-hydrogen) atoms. The SMILES string of the molecule is CC(C)(NC(=O)C1(C(N)=NO)CCOCC1)C1CC1. The minimum atomic E-state index is -0.931. The van der Waals surface area contributed by atoms with Crippen LogP contribution < -0.4 is 11.1 Å². The van der Waals surface area contributed by atoms with E-state index in [1.807, 2.05) is 13.8 Å². The molecule has 0 spiro atoms. The molecule has 1 aliphatic carbocycles. The van der Waals surface area contributed by atoms with Crippen molar-refractivity contribution in [2.45, 2.75) is 45.1 Å². The summed E-state index contributed by atoms with van der Waals surface area (Å²) in [6.45, 7) is 4.96. The molecule has 4 N–H and O–H groups in total. The fourth-order valence-corrected chi connectivity index (χ4v) is 2.73. The van der Waals surface area contributed by atoms with Crippen LogP contribution in [0.3, 0.4) is 0 Å². The molecule has 1 saturated heterocycles. The fraction of sp³-hybridized carbons (Fsp3) is 0.846. The van der Waals surface area contributed by atoms with Gasteiger partial charge in [-0.2, -0.15) is 0 Å². The number of amidine groups is 1. The number of carbonyl (C=O) groups excluding carboxylic acids is 1. The lowest BCUT2D eigenvalue weighted by Crippen LogP contribution is -2.57. The number of oxime groups is 1. The molecular weight excluding hydrogens is 246 g/mol. The number of rotatable bonds is 4. The van der Waals surface area contributed by atoms with E-state index in [4.69, 9.17) is 15.7 Å². The number of nitrogens with two attached hydrogens (primary N) is 1. The number of amides is 1. The predicted octanol–water partition coefficient (Wildman–Crippen LogP) is 0.834. The van der Waals surface area contributed by atoms with E-state index in [-0.39, 0.29) is 17.3 Å². The summed E-state index contributed by atoms with van der Waals surface area (Å²) in [5.41, 5.74) is 4.61. The van der Waals surface area contributed by atoms with E-state index in [2.05, 4.69) is 10.5 Å². The molecule has 0 radical (unpaired) electrons. The van der Waals surface area contributed by atoms with E-state index in [1.165, 1.54) is 0 Å². The van der Waals surface area contributed by atoms with Crippen molar-refractivity contribution >= 4 is 11.7 Å². The second kappa shape index (κ2) is 5.00. The van der Waals surface area contributed by atoms with Crippen molar-refractivity contribution in [2.75, 3.05) is 13.2 Å². The fourth-order valence-electron chi connectivity index (χ4n) is 2.73. The average Bonchev–Trinajstić information content (AvgIpc) is 3.22. The van der Waals surface area contributed by atoms with E-state index >= 15 is 0 Å². The number of ether oxygens (including phenoxy) is 1. The van der Waals surface area contributed by atoms with Crippen molar-refractivity contribution in [3.63, 3.8) is 0 Å². The zero-order valence-electron chi connectivity index (χ0n) is 11.6. The van der Waals surface area contributed by atoms with Crippen LogP contribution in [-0.2, 0) is 9.53 Å². The summed E-state index contributed by atoms with van der Waals surface area (Å²) in [5.74, 6) is 0.364. The van der Waals surface area contributed by atoms with Crippen molar-refractivity contribution in [2.24, 2.45) is 22.2 Å². The van der Waals surface area contributed by atoms with Gasteiger partial charge >= 0.3 is 0 Å². The third-order valence-electron chi connectivity index (χ3n) is 4.41. The van der Waals surface area contributed by atoms with Crippen LogP contribution in [0.1, 0.15) is 39.5 Å². The molecule has 0 aromatic heterocycles. The minimum absolute atomic E-state index is 0.0140. The summed E-state index contributed by atoms with van der Waals surface area (Å²) >= 11 is 0. The van der Waals surface area contributed by atoms with Crippen molar-refractivity contribution in [1.82, 2.24) is 5.32 Å². The molecule has 1 amide bonds. The molecule has 0 bridgehead atoms. The average molecular weight is 269 g/mol. The van der Waals surface area contributed by atoms with Crippen LogP contribution in [0.5, 0.6) is 0 Å². The molecule has 1 aliphatic heterocycles. The van der Waals surface area contributed by atoms with Crippen molar-refractivity contribution in [1.29, 1.82) is 0 Å². The quantitative estimate of drug-likeness (QED) is 0.305. The zero-order valence-corrected chi connectivity index (χ0v) is 11.6. The van der Waals surface area contributed by atoms with Crippen LogP contribution >= 0.6 is 0 Å². The summed E-state index contributed by atoms with van der Waals surface area (Å²) < 4.78 is 5.29. The topological polar surface area (TPSA) is 96.9 Å². The number of hydrogen-bond acceptors (Lipinski definition) is 4. The van der Waals surface area contributed by atoms with E-state index < -0.39 is 5.41 Å². The highest BCUT2D eigenvalue weighted by Gasteiger charge is 2.48. The molecule has 2 aliphatic rings. The normalized spacial score (nSPS) is 24.0. The van der Waals surface area contributed by atoms with Crippen LogP contribution in [0, 0.1) is 11.3 Å². The number of hydrogen-bond donors (Lipinski definition) is 3. The largest absolute Gasteiger partial charge is 0.409 e. The molecule has 1 saturated carbocycles. The highest BCUT2D eigenvalue weighted by Crippen LogP contribution is 2.40. The first-order chi connectivity index (χ1) is 8.92. The van der Waals surface area contributed by atoms with E-state index in [0.717, 1.165) is 12.8 Å². The van der Waals surface area contributed by atoms with Crippen LogP contribution in [0.2, 0.25) is 0 Å². The molecule has 0 unspecified atom stereocenters. The van der Waals surface area contributed by atoms with Gasteiger partial charge < -0.3 is 21.0 Å². The Morgan fingerprint density at radius 1 is 1.42 bits per heavy atom. The van der Waals surface area contributed by atoms with Crippen LogP contribution in [0.4, 0.5) is 0 Å². The van der Waals surface area contributed by atoms with Gasteiger partial charge in [0.05, 0.1) is 0 Å². The Morgan fingerprint density at radius 3 is 2.47 bits per heavy atom. The minimum Gasteiger partial charge on any atom is -0.409 e. The lowest BCUT2D eigenvalue weighted by molar-refractivity contribution is -0.133. The van der Waals surface area contributed by atoms with Crippen LogP contribution in [0.15, 0.2) is 5.16 Å². The number of nitrogens with one attached hydrogen (secondary N) is 1. The van der Waals surface area contributed by atoms with Gasteiger partial charge in [0.1, 0.15) is 5.41 Å². The first kappa shape index (κ1) is 14.1. The lowest BCUT2D eigenvalue weighted by Gasteiger charge is -2.38. The Labute approximate surface area is 113 Å². The second-order valence-electron chi connectivity index (χ2n) is 6.13. The van der Waals surface area contributed by atoms with Gasteiger partial charge in [-0.05, 0) is 45.4 Å². The third kappa shape index (κ3) is 2.68. The Morgan fingerprint density at radius 2 is 2.00 bits per heavy atom. The van der Waals surface area contributed by atoms with Gasteiger partial charge in [0.2, 0.25) is 5.91 Å². The second-order valence-corrected chi connectivity index (χ2v) is 6.13. The molecule has 2 rings (SSSR count). The van der Waals surface area contributed by atoms with Gasteiger partial charge in [0.25, 0.3) is 0 Å². The van der Waals surface area contributed by atoms with Gasteiger partial charge in [-0.1, -0.05) is 5.16 Å². The smallest absolute Gasteiger partial charge is 0.234 e. The van der Waals surface area contributed by atoms with Gasteiger partial charge in [-0.25, -0.2) is 0 Å². The standard InChI is InChI=1S/C13H23N3O3/c1-12(2,9-3-4-9)15-11(17)13(10(14)16-18)5-7-19-8-6-13/h9,18H,3-8H2,1-2H3,(H2,14,16)(H,15,17). The summed E-state index contributed by atoms with van der Waals surface area (Å²) in [5, 5.41) is 15.1. The van der Waals surface area contributed by atoms with Gasteiger partial charge in [0, 0.05) is 18.8 Å². The van der Waals surface area contributed by atoms with E-state index in [9.17, 15) is 4.79 Å². The van der Waals surface area contributed by atoms with Crippen molar-refractivity contribution in [3.05, 3.63) is 0 Å². The molecule has 2 fully saturated rings. The van der Waals surface area contributed by atoms with Crippen molar-refractivity contribution < 1.29 is 14.7 Å². The van der Waals surface area contributed by atoms with E-state index in [0.29, 0.717) is 32.0 Å². The van der Waals surface area contributed by atoms with Crippen LogP contribution in [0.25, 0.3) is 0 Å². The third-order valence-corrected chi connectivity index (χ3v) is 4.41. The Hall–Kier alpha value is -1.30. The first-order valence-corrected chi connectivity index (χ1v) is 6.81. The molecule has 6 heteroatoms. The molecule has 6 nitrogen and oxygen atoms in total. The summed E-state index contributed by atoms with van der Waals surface area (Å²) in [6.07, 6.45) is 3.20. The molecule has 0 aromatic carbocycles. The monoisotopic (exact) mass is 269 g/mol. The van der Waals surface area contributed by atoms with Crippen LogP contribution in [-0.4, -0.2) is 35.7 Å². The number of nitrogens with zero attached hydrogens (tertiary/aromatic N) is 1. The molecular formula is C13H23N3O3. The molecule has 0 atom stereocenters. The maximum absolute atomic E-state index is 12.6. The highest BCUT2D eigenvalue weighted by atomic mass is 16.5. The maximum Gasteiger partial charge on any atom is 0.234 e. The summed E-state index contributed by atoms with van der Waals surface area (Å²) in [7, 11) is 0. The summed E-state index contributed by atoms with van der Waals surface area (Å²) in [6, 6.07) is 0. The number of carbonyl (C=O) groups is 1. The van der Waals surface area contributed by atoms with Gasteiger partial charge in [-0.15, -0.1) is 0 Å². The Bertz CT molecular complexity index is 383. The molecule has 108 valence electrons. The van der Waals surface area contributed by atoms with Gasteiger partial charge in [0.15, 0.2) is 5.84 Å². The molecule has 0 aromatic rings. The Balaban J connectivity index is 2.16. The summed E-state index contributed by atoms with van der Waals surface area (Å²) in [4.78, 5) is 12.6. The van der Waals surface area contributed by atoms with Crippen molar-refractivity contribution in [3.8, 4) is 0 Å². The molecule has 1 heterocycles. The maximum atomic E-state index is 12.6. The van der Waals surface area contributed by atoms with Gasteiger partial charge in [-0.3, -0.25) is 4.79 Å². The first-order valence-electron chi connectivity index (χ1n) is 6.81. The zero-order chi connectivity index (χ0) is 14.1.